The summed E-state index contributed by atoms with van der Waals surface area (Å²) >= 11 is 0. The van der Waals surface area contributed by atoms with E-state index < -0.39 is 0 Å². The molecule has 0 unspecified atom stereocenters. The Morgan fingerprint density at radius 3 is 2.23 bits per heavy atom. The number of allylic oxidation sites excluding steroid dienone is 1. The minimum absolute atomic E-state index is 0.800. The summed E-state index contributed by atoms with van der Waals surface area (Å²) in [5.41, 5.74) is 13.6. The van der Waals surface area contributed by atoms with Gasteiger partial charge in [0, 0.05) is 27.4 Å². The van der Waals surface area contributed by atoms with E-state index in [1.54, 1.807) is 0 Å². The van der Waals surface area contributed by atoms with Crippen molar-refractivity contribution >= 4 is 78.5 Å². The minimum Gasteiger partial charge on any atom is -0.455 e. The second-order valence-corrected chi connectivity index (χ2v) is 11.9. The molecule has 0 saturated heterocycles. The summed E-state index contributed by atoms with van der Waals surface area (Å²) < 4.78 is 13.3. The molecule has 6 heteroatoms. The van der Waals surface area contributed by atoms with Crippen LogP contribution in [0.4, 0.5) is 0 Å². The van der Waals surface area contributed by atoms with Crippen molar-refractivity contribution in [1.82, 2.24) is 23.3 Å². The van der Waals surface area contributed by atoms with Gasteiger partial charge in [-0.15, -0.1) is 0 Å². The van der Waals surface area contributed by atoms with Crippen molar-refractivity contribution in [3.8, 4) is 16.8 Å². The number of benzene rings is 5. The molecule has 0 fully saturated rings. The fourth-order valence-electron chi connectivity index (χ4n) is 7.35. The number of para-hydroxylation sites is 5. The summed E-state index contributed by atoms with van der Waals surface area (Å²) in [7, 11) is 0. The first-order valence-corrected chi connectivity index (χ1v) is 15.8. The maximum atomic E-state index is 6.38. The van der Waals surface area contributed by atoms with Gasteiger partial charge >= 0.3 is 0 Å². The van der Waals surface area contributed by atoms with Gasteiger partial charge in [-0.2, -0.15) is 0 Å². The predicted octanol–water partition coefficient (Wildman–Crippen LogP) is 10.5. The standard InChI is InChI=1S/C41H27N5O/c1-3-12-34-31(4-2)42-39-40-43-32-17-7-9-19-35(32)46(40)41-37(45(34)39)30-14-5-8-18-33(30)44(41)26-23-21-25(22-24-26)27-15-11-16-29-28-13-6-10-20-36(28)47-38(27)29/h3-24H,2H2,1H3/b12-3-. The Hall–Kier alpha value is -6.40. The van der Waals surface area contributed by atoms with Gasteiger partial charge in [0.25, 0.3) is 0 Å². The van der Waals surface area contributed by atoms with Crippen molar-refractivity contribution < 1.29 is 4.42 Å². The van der Waals surface area contributed by atoms with Gasteiger partial charge in [-0.1, -0.05) is 91.5 Å². The van der Waals surface area contributed by atoms with Gasteiger partial charge < -0.3 is 4.42 Å². The van der Waals surface area contributed by atoms with Crippen LogP contribution in [0.5, 0.6) is 0 Å². The molecule has 0 N–H and O–H groups in total. The zero-order chi connectivity index (χ0) is 31.2. The molecule has 0 amide bonds. The molecule has 0 aliphatic heterocycles. The lowest BCUT2D eigenvalue weighted by Gasteiger charge is -2.12. The van der Waals surface area contributed by atoms with Crippen LogP contribution in [-0.2, 0) is 0 Å². The summed E-state index contributed by atoms with van der Waals surface area (Å²) in [6.45, 7) is 6.13. The lowest BCUT2D eigenvalue weighted by atomic mass is 10.0. The van der Waals surface area contributed by atoms with Crippen LogP contribution in [0, 0.1) is 0 Å². The molecule has 0 aliphatic rings. The Morgan fingerprint density at radius 1 is 0.681 bits per heavy atom. The molecule has 222 valence electrons. The molecule has 0 aliphatic carbocycles. The van der Waals surface area contributed by atoms with Crippen LogP contribution in [0.25, 0.3) is 95.3 Å². The third kappa shape index (κ3) is 3.44. The minimum atomic E-state index is 0.800. The molecule has 0 atom stereocenters. The van der Waals surface area contributed by atoms with Crippen molar-refractivity contribution in [2.75, 3.05) is 0 Å². The van der Waals surface area contributed by atoms with E-state index in [-0.39, 0.29) is 0 Å². The third-order valence-electron chi connectivity index (χ3n) is 9.32. The Labute approximate surface area is 268 Å². The van der Waals surface area contributed by atoms with Crippen molar-refractivity contribution in [1.29, 1.82) is 0 Å². The van der Waals surface area contributed by atoms with Crippen molar-refractivity contribution in [3.05, 3.63) is 139 Å². The topological polar surface area (TPSA) is 52.7 Å². The van der Waals surface area contributed by atoms with Crippen molar-refractivity contribution in [2.24, 2.45) is 0 Å². The molecule has 0 radical (unpaired) electrons. The summed E-state index contributed by atoms with van der Waals surface area (Å²) in [5.74, 6) is 0. The number of imidazole rings is 2. The molecular weight excluding hydrogens is 578 g/mol. The van der Waals surface area contributed by atoms with Gasteiger partial charge in [0.05, 0.1) is 33.5 Å². The van der Waals surface area contributed by atoms with E-state index in [2.05, 4.69) is 129 Å². The van der Waals surface area contributed by atoms with Gasteiger partial charge in [0.1, 0.15) is 16.8 Å². The van der Waals surface area contributed by atoms with Crippen LogP contribution in [-0.4, -0.2) is 23.3 Å². The van der Waals surface area contributed by atoms with Crippen molar-refractivity contribution in [3.63, 3.8) is 0 Å². The number of furan rings is 1. The maximum Gasteiger partial charge on any atom is 0.183 e. The van der Waals surface area contributed by atoms with Crippen LogP contribution in [0.2, 0.25) is 0 Å². The first-order valence-electron chi connectivity index (χ1n) is 15.8. The highest BCUT2D eigenvalue weighted by molar-refractivity contribution is 6.11. The molecule has 0 saturated carbocycles. The van der Waals surface area contributed by atoms with Gasteiger partial charge in [0.2, 0.25) is 0 Å². The summed E-state index contributed by atoms with van der Waals surface area (Å²) in [4.78, 5) is 10.2. The number of hydrogen-bond donors (Lipinski definition) is 0. The first kappa shape index (κ1) is 25.9. The molecule has 0 spiro atoms. The van der Waals surface area contributed by atoms with E-state index in [4.69, 9.17) is 14.4 Å². The van der Waals surface area contributed by atoms with E-state index in [1.807, 2.05) is 31.2 Å². The van der Waals surface area contributed by atoms with E-state index in [9.17, 15) is 0 Å². The molecule has 0 bridgehead atoms. The molecule has 10 rings (SSSR count). The Bertz CT molecular complexity index is 2930. The average molecular weight is 606 g/mol. The summed E-state index contributed by atoms with van der Waals surface area (Å²) in [5, 5.41) is 3.38. The zero-order valence-electron chi connectivity index (χ0n) is 25.6. The van der Waals surface area contributed by atoms with Gasteiger partial charge in [-0.25, -0.2) is 9.97 Å². The molecular formula is C41H27N5O. The summed E-state index contributed by atoms with van der Waals surface area (Å²) in [6, 6.07) is 40.3. The fraction of sp³-hybridized carbons (Fsp3) is 0.0244. The fourth-order valence-corrected chi connectivity index (χ4v) is 7.35. The Morgan fingerprint density at radius 2 is 1.40 bits per heavy atom. The molecule has 5 heterocycles. The normalized spacial score (nSPS) is 12.4. The number of fused-ring (bicyclic) bond motifs is 13. The first-order chi connectivity index (χ1) is 23.2. The van der Waals surface area contributed by atoms with E-state index in [0.717, 1.165) is 94.5 Å². The predicted molar refractivity (Wildman–Crippen MR) is 193 cm³/mol. The molecule has 5 aromatic heterocycles. The summed E-state index contributed by atoms with van der Waals surface area (Å²) in [6.07, 6.45) is 5.98. The van der Waals surface area contributed by atoms with Crippen LogP contribution in [0.1, 0.15) is 18.3 Å². The highest BCUT2D eigenvalue weighted by Crippen LogP contribution is 2.39. The third-order valence-corrected chi connectivity index (χ3v) is 9.32. The molecule has 10 aromatic rings. The number of hydrogen-bond acceptors (Lipinski definition) is 3. The second kappa shape index (κ2) is 9.55. The van der Waals surface area contributed by atoms with E-state index in [1.165, 1.54) is 0 Å². The van der Waals surface area contributed by atoms with Crippen LogP contribution in [0.3, 0.4) is 0 Å². The SMILES string of the molecule is C=Cc1nc2c3nc4ccccc4n3c3c(c4ccccc4n3-c3ccc(-c4cccc5c4oc4ccccc45)cc3)n2c1/C=C\C. The number of aromatic nitrogens is 5. The largest absolute Gasteiger partial charge is 0.455 e. The number of nitrogens with zero attached hydrogens (tertiary/aromatic N) is 5. The lowest BCUT2D eigenvalue weighted by Crippen LogP contribution is -2.03. The molecule has 47 heavy (non-hydrogen) atoms. The van der Waals surface area contributed by atoms with Crippen LogP contribution >= 0.6 is 0 Å². The van der Waals surface area contributed by atoms with E-state index in [0.29, 0.717) is 0 Å². The lowest BCUT2D eigenvalue weighted by molar-refractivity contribution is 0.670. The highest BCUT2D eigenvalue weighted by atomic mass is 16.3. The molecule has 5 aromatic carbocycles. The van der Waals surface area contributed by atoms with Crippen LogP contribution < -0.4 is 0 Å². The second-order valence-electron chi connectivity index (χ2n) is 11.9. The van der Waals surface area contributed by atoms with E-state index >= 15 is 0 Å². The Kier molecular flexibility index (Phi) is 5.26. The van der Waals surface area contributed by atoms with Crippen molar-refractivity contribution in [2.45, 2.75) is 6.92 Å². The average Bonchev–Trinajstić information content (AvgIpc) is 3.87. The van der Waals surface area contributed by atoms with Gasteiger partial charge in [-0.05, 0) is 61.0 Å². The molecule has 6 nitrogen and oxygen atoms in total. The van der Waals surface area contributed by atoms with Gasteiger partial charge in [-0.3, -0.25) is 13.4 Å². The quantitative estimate of drug-likeness (QED) is 0.201. The monoisotopic (exact) mass is 605 g/mol. The Balaban J connectivity index is 1.32. The van der Waals surface area contributed by atoms with Crippen LogP contribution in [0.15, 0.2) is 132 Å². The number of rotatable bonds is 4. The van der Waals surface area contributed by atoms with Gasteiger partial charge in [0.15, 0.2) is 11.3 Å². The maximum absolute atomic E-state index is 6.38. The zero-order valence-corrected chi connectivity index (χ0v) is 25.6. The highest BCUT2D eigenvalue weighted by Gasteiger charge is 2.25. The smallest absolute Gasteiger partial charge is 0.183 e.